The fraction of sp³-hybridized carbons (Fsp3) is 0.872. The fourth-order valence-electron chi connectivity index (χ4n) is 8.96. The lowest BCUT2D eigenvalue weighted by molar-refractivity contribution is -0.248. The minimum atomic E-state index is -1.29. The van der Waals surface area contributed by atoms with Gasteiger partial charge in [0, 0.05) is 26.4 Å². The van der Waals surface area contributed by atoms with Gasteiger partial charge in [0.2, 0.25) is 0 Å². The summed E-state index contributed by atoms with van der Waals surface area (Å²) in [5, 5.41) is 8.88. The molecule has 56 heavy (non-hydrogen) atoms. The van der Waals surface area contributed by atoms with Crippen LogP contribution in [0.4, 0.5) is 8.78 Å². The zero-order chi connectivity index (χ0) is 40.2. The Morgan fingerprint density at radius 2 is 1.07 bits per heavy atom. The van der Waals surface area contributed by atoms with Crippen molar-refractivity contribution in [2.45, 2.75) is 198 Å². The first kappa shape index (κ1) is 50.4. The first-order valence-electron chi connectivity index (χ1n) is 23.0. The molecule has 0 bridgehead atoms. The van der Waals surface area contributed by atoms with Gasteiger partial charge in [-0.1, -0.05) is 115 Å². The van der Waals surface area contributed by atoms with Crippen molar-refractivity contribution in [1.29, 1.82) is 0 Å². The number of halogens is 2. The summed E-state index contributed by atoms with van der Waals surface area (Å²) in [4.78, 5) is 20.2. The van der Waals surface area contributed by atoms with E-state index in [0.29, 0.717) is 44.0 Å². The maximum atomic E-state index is 15.0. The zero-order valence-electron chi connectivity index (χ0n) is 35.3. The third-order valence-corrected chi connectivity index (χ3v) is 12.1. The highest BCUT2D eigenvalue weighted by molar-refractivity contribution is 4.90. The van der Waals surface area contributed by atoms with Gasteiger partial charge in [0.1, 0.15) is 12.3 Å². The maximum Gasteiger partial charge on any atom is 0.171 e. The van der Waals surface area contributed by atoms with Gasteiger partial charge in [-0.3, -0.25) is 0 Å². The SMILES string of the molecule is C=C=COOCCCCCCC(OCCCCCCCCOCCCCCCCCO)C(CCCCCOOC=C=C)C1CCC(C2CCCC(F)C2F)CC1. The Kier molecular flexibility index (Phi) is 32.8. The lowest BCUT2D eigenvalue weighted by atomic mass is 9.66. The molecule has 0 heterocycles. The Hall–Kier alpha value is -1.70. The van der Waals surface area contributed by atoms with Crippen LogP contribution in [-0.4, -0.2) is 63.2 Å². The second kappa shape index (κ2) is 36.4. The summed E-state index contributed by atoms with van der Waals surface area (Å²) < 4.78 is 42.1. The van der Waals surface area contributed by atoms with Crippen LogP contribution in [0.15, 0.2) is 37.1 Å². The van der Waals surface area contributed by atoms with Gasteiger partial charge in [-0.15, -0.1) is 0 Å². The van der Waals surface area contributed by atoms with E-state index < -0.39 is 12.3 Å². The molecule has 0 radical (unpaired) electrons. The molecule has 1 N–H and O–H groups in total. The van der Waals surface area contributed by atoms with Crippen LogP contribution in [0.2, 0.25) is 0 Å². The van der Waals surface area contributed by atoms with E-state index in [1.54, 1.807) is 0 Å². The molecule has 0 spiro atoms. The second-order valence-electron chi connectivity index (χ2n) is 16.4. The van der Waals surface area contributed by atoms with Gasteiger partial charge in [-0.05, 0) is 114 Å². The normalized spacial score (nSPS) is 22.2. The smallest absolute Gasteiger partial charge is 0.171 e. The van der Waals surface area contributed by atoms with Crippen molar-refractivity contribution in [3.8, 4) is 0 Å². The molecule has 0 amide bonds. The van der Waals surface area contributed by atoms with Crippen LogP contribution in [0.25, 0.3) is 0 Å². The molecular weight excluding hydrogens is 715 g/mol. The van der Waals surface area contributed by atoms with Crippen molar-refractivity contribution in [2.75, 3.05) is 39.6 Å². The average molecular weight is 797 g/mol. The summed E-state index contributed by atoms with van der Waals surface area (Å²) in [5.74, 6) is 1.21. The first-order chi connectivity index (χ1) is 27.6. The molecule has 326 valence electrons. The minimum Gasteiger partial charge on any atom is -0.396 e. The standard InChI is InChI=1S/C47H82F2O7/c1-3-34-53-55-39-22-14-9-17-28-46(52-38-21-13-8-7-12-20-37-51-36-19-11-6-5-10-18-33-50)43(25-16-15-23-40-56-54-35-4-2)41-29-31-42(32-30-41)44-26-24-27-45(48)47(44)49/h34-35,41-47,50H,1-2,5-33,36-40H2. The summed E-state index contributed by atoms with van der Waals surface area (Å²) in [5.41, 5.74) is 5.09. The van der Waals surface area contributed by atoms with Gasteiger partial charge in [0.15, 0.2) is 12.5 Å². The van der Waals surface area contributed by atoms with Crippen LogP contribution in [0.3, 0.4) is 0 Å². The maximum absolute atomic E-state index is 15.0. The molecule has 0 aromatic carbocycles. The molecule has 0 aromatic rings. The van der Waals surface area contributed by atoms with E-state index in [4.69, 9.17) is 34.1 Å². The number of unbranched alkanes of at least 4 members (excludes halogenated alkanes) is 15. The Balaban J connectivity index is 1.85. The molecule has 5 unspecified atom stereocenters. The van der Waals surface area contributed by atoms with Crippen LogP contribution < -0.4 is 0 Å². The average Bonchev–Trinajstić information content (AvgIpc) is 3.21. The van der Waals surface area contributed by atoms with Gasteiger partial charge in [-0.2, -0.15) is 9.78 Å². The highest BCUT2D eigenvalue weighted by atomic mass is 19.2. The van der Waals surface area contributed by atoms with E-state index in [-0.39, 0.29) is 12.0 Å². The van der Waals surface area contributed by atoms with Gasteiger partial charge >= 0.3 is 0 Å². The van der Waals surface area contributed by atoms with Crippen molar-refractivity contribution in [2.24, 2.45) is 23.7 Å². The van der Waals surface area contributed by atoms with Crippen LogP contribution in [0.1, 0.15) is 180 Å². The molecule has 2 aliphatic rings. The Bertz CT molecular complexity index is 980. The first-order valence-corrected chi connectivity index (χ1v) is 23.0. The quantitative estimate of drug-likeness (QED) is 0.0219. The zero-order valence-corrected chi connectivity index (χ0v) is 35.3. The molecule has 2 aliphatic carbocycles. The summed E-state index contributed by atoms with van der Waals surface area (Å²) >= 11 is 0. The monoisotopic (exact) mass is 797 g/mol. The predicted octanol–water partition coefficient (Wildman–Crippen LogP) is 13.0. The lowest BCUT2D eigenvalue weighted by Crippen LogP contribution is -2.39. The Labute approximate surface area is 340 Å². The number of hydrogen-bond acceptors (Lipinski definition) is 7. The van der Waals surface area contributed by atoms with Crippen LogP contribution in [0.5, 0.6) is 0 Å². The molecular formula is C47H82F2O7. The van der Waals surface area contributed by atoms with Crippen LogP contribution >= 0.6 is 0 Å². The summed E-state index contributed by atoms with van der Waals surface area (Å²) in [6.07, 6.45) is 30.0. The predicted molar refractivity (Wildman–Crippen MR) is 222 cm³/mol. The molecule has 2 fully saturated rings. The summed E-state index contributed by atoms with van der Waals surface area (Å²) in [6, 6.07) is 0. The van der Waals surface area contributed by atoms with Crippen molar-refractivity contribution in [3.63, 3.8) is 0 Å². The van der Waals surface area contributed by atoms with E-state index in [0.717, 1.165) is 148 Å². The number of rotatable bonds is 38. The molecule has 0 saturated heterocycles. The Morgan fingerprint density at radius 3 is 1.66 bits per heavy atom. The van der Waals surface area contributed by atoms with E-state index in [2.05, 4.69) is 24.6 Å². The third kappa shape index (κ3) is 24.9. The Morgan fingerprint density at radius 1 is 0.571 bits per heavy atom. The van der Waals surface area contributed by atoms with Crippen molar-refractivity contribution >= 4 is 0 Å². The van der Waals surface area contributed by atoms with E-state index >= 15 is 0 Å². The molecule has 0 aliphatic heterocycles. The van der Waals surface area contributed by atoms with E-state index in [1.807, 2.05) is 0 Å². The fourth-order valence-corrected chi connectivity index (χ4v) is 8.96. The van der Waals surface area contributed by atoms with Gasteiger partial charge < -0.3 is 24.4 Å². The van der Waals surface area contributed by atoms with E-state index in [1.165, 1.54) is 57.5 Å². The van der Waals surface area contributed by atoms with Gasteiger partial charge in [0.05, 0.1) is 19.3 Å². The van der Waals surface area contributed by atoms with Crippen molar-refractivity contribution in [1.82, 2.24) is 0 Å². The van der Waals surface area contributed by atoms with Crippen LogP contribution in [0, 0.1) is 23.7 Å². The topological polar surface area (TPSA) is 75.6 Å². The lowest BCUT2D eigenvalue weighted by Gasteiger charge is -2.42. The molecule has 9 heteroatoms. The van der Waals surface area contributed by atoms with Gasteiger partial charge in [-0.25, -0.2) is 8.78 Å². The minimum absolute atomic E-state index is 0.110. The largest absolute Gasteiger partial charge is 0.396 e. The number of aliphatic hydroxyl groups excluding tert-OH is 1. The molecule has 7 nitrogen and oxygen atoms in total. The molecule has 2 saturated carbocycles. The molecule has 2 rings (SSSR count). The highest BCUT2D eigenvalue weighted by Crippen LogP contribution is 2.45. The van der Waals surface area contributed by atoms with Gasteiger partial charge in [0.25, 0.3) is 0 Å². The van der Waals surface area contributed by atoms with Crippen molar-refractivity contribution in [3.05, 3.63) is 37.1 Å². The van der Waals surface area contributed by atoms with Crippen LogP contribution in [-0.2, 0) is 29.0 Å². The highest BCUT2D eigenvalue weighted by Gasteiger charge is 2.41. The second-order valence-corrected chi connectivity index (χ2v) is 16.4. The number of alkyl halides is 2. The molecule has 5 atom stereocenters. The third-order valence-electron chi connectivity index (χ3n) is 12.1. The number of hydrogen-bond donors (Lipinski definition) is 1. The number of ether oxygens (including phenoxy) is 2. The number of aliphatic hydroxyl groups is 1. The summed E-state index contributed by atoms with van der Waals surface area (Å²) in [7, 11) is 0. The molecule has 0 aromatic heterocycles. The van der Waals surface area contributed by atoms with Crippen molar-refractivity contribution < 1.29 is 42.9 Å². The van der Waals surface area contributed by atoms with E-state index in [9.17, 15) is 8.78 Å². The summed E-state index contributed by atoms with van der Waals surface area (Å²) in [6.45, 7) is 10.9.